The lowest BCUT2D eigenvalue weighted by Crippen LogP contribution is -2.28. The highest BCUT2D eigenvalue weighted by Crippen LogP contribution is 2.53. The van der Waals surface area contributed by atoms with Crippen molar-refractivity contribution < 1.29 is 19.1 Å². The molecule has 1 aromatic heterocycles. The lowest BCUT2D eigenvalue weighted by Gasteiger charge is -2.25. The smallest absolute Gasteiger partial charge is 0.303 e. The van der Waals surface area contributed by atoms with E-state index in [0.29, 0.717) is 18.0 Å². The van der Waals surface area contributed by atoms with Gasteiger partial charge in [0.25, 0.3) is 0 Å². The molecule has 7 nitrogen and oxygen atoms in total. The van der Waals surface area contributed by atoms with Crippen LogP contribution < -0.4 is 4.90 Å². The van der Waals surface area contributed by atoms with E-state index in [1.807, 2.05) is 84.9 Å². The van der Waals surface area contributed by atoms with Crippen molar-refractivity contribution >= 4 is 18.1 Å². The molecular weight excluding hydrogens is 442 g/mol. The van der Waals surface area contributed by atoms with Gasteiger partial charge in [-0.05, 0) is 48.1 Å². The van der Waals surface area contributed by atoms with Crippen LogP contribution in [-0.2, 0) is 15.0 Å². The second kappa shape index (κ2) is 9.54. The zero-order valence-corrected chi connectivity index (χ0v) is 19.1. The Balaban J connectivity index is 1.45. The van der Waals surface area contributed by atoms with E-state index in [-0.39, 0.29) is 24.1 Å². The van der Waals surface area contributed by atoms with Crippen LogP contribution in [0.15, 0.2) is 89.3 Å². The van der Waals surface area contributed by atoms with Gasteiger partial charge in [-0.2, -0.15) is 0 Å². The summed E-state index contributed by atoms with van der Waals surface area (Å²) in [5, 5.41) is 17.9. The van der Waals surface area contributed by atoms with Crippen molar-refractivity contribution in [2.75, 3.05) is 4.90 Å². The Kier molecular flexibility index (Phi) is 6.14. The maximum Gasteiger partial charge on any atom is 0.303 e. The Morgan fingerprint density at radius 2 is 1.57 bits per heavy atom. The van der Waals surface area contributed by atoms with Crippen molar-refractivity contribution in [2.24, 2.45) is 0 Å². The molecule has 0 radical (unpaired) electrons. The Bertz CT molecular complexity index is 1300. The number of nitrogens with zero attached hydrogens (tertiary/aromatic N) is 3. The summed E-state index contributed by atoms with van der Waals surface area (Å²) in [5.41, 5.74) is 3.50. The summed E-state index contributed by atoms with van der Waals surface area (Å²) < 4.78 is 6.14. The van der Waals surface area contributed by atoms with Gasteiger partial charge in [-0.3, -0.25) is 9.59 Å². The Morgan fingerprint density at radius 1 is 0.943 bits per heavy atom. The highest BCUT2D eigenvalue weighted by atomic mass is 16.4. The van der Waals surface area contributed by atoms with Gasteiger partial charge >= 0.3 is 5.97 Å². The van der Waals surface area contributed by atoms with Crippen LogP contribution in [-0.4, -0.2) is 27.7 Å². The zero-order valence-electron chi connectivity index (χ0n) is 19.1. The van der Waals surface area contributed by atoms with Crippen molar-refractivity contribution in [1.29, 1.82) is 0 Å². The maximum absolute atomic E-state index is 12.2. The van der Waals surface area contributed by atoms with Crippen molar-refractivity contribution in [3.8, 4) is 11.1 Å². The minimum absolute atomic E-state index is 0.140. The molecule has 0 aliphatic heterocycles. The molecule has 0 saturated heterocycles. The van der Waals surface area contributed by atoms with Gasteiger partial charge in [0.15, 0.2) is 0 Å². The second-order valence-electron chi connectivity index (χ2n) is 8.77. The van der Waals surface area contributed by atoms with E-state index in [4.69, 9.17) is 4.42 Å². The van der Waals surface area contributed by atoms with Crippen LogP contribution in [0.1, 0.15) is 49.1 Å². The van der Waals surface area contributed by atoms with Gasteiger partial charge in [-0.25, -0.2) is 0 Å². The van der Waals surface area contributed by atoms with Crippen LogP contribution in [0, 0.1) is 0 Å². The topological polar surface area (TPSA) is 96.5 Å². The van der Waals surface area contributed by atoms with E-state index in [1.165, 1.54) is 4.90 Å². The first-order valence-corrected chi connectivity index (χ1v) is 11.6. The molecule has 1 atom stereocenters. The van der Waals surface area contributed by atoms with E-state index in [9.17, 15) is 14.7 Å². The SMILES string of the molecule is O=CN(c1ccc(-c2ccccc2)cc1)C(CCC(=O)O)c1nnc(C2(c3ccccc3)CC2)o1. The summed E-state index contributed by atoms with van der Waals surface area (Å²) >= 11 is 0. The third-order valence-electron chi connectivity index (χ3n) is 6.57. The number of aliphatic carboxylic acids is 1. The first-order chi connectivity index (χ1) is 17.1. The predicted molar refractivity (Wildman–Crippen MR) is 131 cm³/mol. The molecule has 1 fully saturated rings. The molecule has 1 N–H and O–H groups in total. The number of rotatable bonds is 10. The summed E-state index contributed by atoms with van der Waals surface area (Å²) in [5.74, 6) is -0.213. The molecule has 1 unspecified atom stereocenters. The summed E-state index contributed by atoms with van der Waals surface area (Å²) in [6.45, 7) is 0. The van der Waals surface area contributed by atoms with E-state index in [2.05, 4.69) is 10.2 Å². The van der Waals surface area contributed by atoms with Gasteiger partial charge in [0.1, 0.15) is 6.04 Å². The average Bonchev–Trinajstić information content (AvgIpc) is 3.57. The monoisotopic (exact) mass is 467 g/mol. The molecule has 1 amide bonds. The average molecular weight is 468 g/mol. The van der Waals surface area contributed by atoms with Gasteiger partial charge in [0.2, 0.25) is 18.2 Å². The van der Waals surface area contributed by atoms with Gasteiger partial charge in [-0.1, -0.05) is 72.8 Å². The molecule has 1 aliphatic rings. The highest BCUT2D eigenvalue weighted by molar-refractivity contribution is 5.78. The molecule has 35 heavy (non-hydrogen) atoms. The van der Waals surface area contributed by atoms with E-state index in [1.54, 1.807) is 0 Å². The van der Waals surface area contributed by atoms with Gasteiger partial charge < -0.3 is 14.4 Å². The van der Waals surface area contributed by atoms with Gasteiger partial charge in [0.05, 0.1) is 5.41 Å². The molecule has 0 spiro atoms. The first-order valence-electron chi connectivity index (χ1n) is 11.6. The maximum atomic E-state index is 12.2. The third-order valence-corrected chi connectivity index (χ3v) is 6.57. The van der Waals surface area contributed by atoms with E-state index in [0.717, 1.165) is 29.5 Å². The molecule has 4 aromatic rings. The number of carboxylic acids is 1. The first kappa shape index (κ1) is 22.5. The molecule has 5 rings (SSSR count). The largest absolute Gasteiger partial charge is 0.481 e. The predicted octanol–water partition coefficient (Wildman–Crippen LogP) is 5.39. The number of carbonyl (C=O) groups excluding carboxylic acids is 1. The zero-order chi connectivity index (χ0) is 24.3. The number of carboxylic acid groups (broad SMARTS) is 1. The van der Waals surface area contributed by atoms with Crippen LogP contribution >= 0.6 is 0 Å². The van der Waals surface area contributed by atoms with Crippen LogP contribution in [0.5, 0.6) is 0 Å². The molecule has 3 aromatic carbocycles. The fraction of sp³-hybridized carbons (Fsp3) is 0.214. The van der Waals surface area contributed by atoms with Gasteiger partial charge in [0, 0.05) is 12.1 Å². The Labute approximate surface area is 203 Å². The van der Waals surface area contributed by atoms with Crippen LogP contribution in [0.2, 0.25) is 0 Å². The number of amides is 1. The summed E-state index contributed by atoms with van der Waals surface area (Å²) in [6, 6.07) is 26.8. The lowest BCUT2D eigenvalue weighted by atomic mass is 9.96. The van der Waals surface area contributed by atoms with Crippen molar-refractivity contribution in [1.82, 2.24) is 10.2 Å². The highest BCUT2D eigenvalue weighted by Gasteiger charge is 2.51. The molecule has 176 valence electrons. The number of benzene rings is 3. The minimum Gasteiger partial charge on any atom is -0.481 e. The number of anilines is 1. The quantitative estimate of drug-likeness (QED) is 0.314. The standard InChI is InChI=1S/C28H25N3O4/c32-19-31(23-13-11-21(12-14-23)20-7-3-1-4-8-20)24(15-16-25(33)34)26-29-30-27(35-26)28(17-18-28)22-9-5-2-6-10-22/h1-14,19,24H,15-18H2,(H,33,34). The number of carbonyl (C=O) groups is 2. The fourth-order valence-electron chi connectivity index (χ4n) is 4.48. The molecule has 7 heteroatoms. The molecule has 0 bridgehead atoms. The van der Waals surface area contributed by atoms with Crippen LogP contribution in [0.4, 0.5) is 5.69 Å². The van der Waals surface area contributed by atoms with E-state index < -0.39 is 12.0 Å². The van der Waals surface area contributed by atoms with E-state index >= 15 is 0 Å². The number of aromatic nitrogens is 2. The fourth-order valence-corrected chi connectivity index (χ4v) is 4.48. The number of hydrogen-bond acceptors (Lipinski definition) is 5. The molecule has 1 heterocycles. The Hall–Kier alpha value is -4.26. The van der Waals surface area contributed by atoms with Gasteiger partial charge in [-0.15, -0.1) is 10.2 Å². The minimum atomic E-state index is -0.956. The normalized spacial score (nSPS) is 14.7. The summed E-state index contributed by atoms with van der Waals surface area (Å²) in [6.07, 6.45) is 2.50. The van der Waals surface area contributed by atoms with Crippen molar-refractivity contribution in [2.45, 2.75) is 37.1 Å². The van der Waals surface area contributed by atoms with Crippen LogP contribution in [0.25, 0.3) is 11.1 Å². The lowest BCUT2D eigenvalue weighted by molar-refractivity contribution is -0.137. The molecule has 1 aliphatic carbocycles. The Morgan fingerprint density at radius 3 is 2.17 bits per heavy atom. The summed E-state index contributed by atoms with van der Waals surface area (Å²) in [4.78, 5) is 25.1. The molecule has 1 saturated carbocycles. The summed E-state index contributed by atoms with van der Waals surface area (Å²) in [7, 11) is 0. The van der Waals surface area contributed by atoms with Crippen LogP contribution in [0.3, 0.4) is 0 Å². The molecular formula is C28H25N3O4. The van der Waals surface area contributed by atoms with Crippen molar-refractivity contribution in [3.63, 3.8) is 0 Å². The number of hydrogen-bond donors (Lipinski definition) is 1. The second-order valence-corrected chi connectivity index (χ2v) is 8.77. The third kappa shape index (κ3) is 4.57. The van der Waals surface area contributed by atoms with Crippen molar-refractivity contribution in [3.05, 3.63) is 102 Å².